The topological polar surface area (TPSA) is 37.8 Å². The summed E-state index contributed by atoms with van der Waals surface area (Å²) in [5.41, 5.74) is 3.39. The summed E-state index contributed by atoms with van der Waals surface area (Å²) < 4.78 is 0. The normalized spacial score (nSPS) is 11.2. The van der Waals surface area contributed by atoms with Crippen molar-refractivity contribution in [3.05, 3.63) is 34.5 Å². The predicted octanol–water partition coefficient (Wildman–Crippen LogP) is 3.57. The molecule has 2 heterocycles. The van der Waals surface area contributed by atoms with Gasteiger partial charge in [-0.05, 0) is 25.0 Å². The molecule has 0 aliphatic carbocycles. The number of aromatic nitrogens is 2. The van der Waals surface area contributed by atoms with Gasteiger partial charge in [-0.3, -0.25) is 4.98 Å². The average molecular weight is 275 g/mol. The molecule has 1 N–H and O–H groups in total. The van der Waals surface area contributed by atoms with Gasteiger partial charge in [0.2, 0.25) is 0 Å². The van der Waals surface area contributed by atoms with Gasteiger partial charge in [-0.2, -0.15) is 0 Å². The Morgan fingerprint density at radius 1 is 1.37 bits per heavy atom. The van der Waals surface area contributed by atoms with E-state index in [4.69, 9.17) is 4.98 Å². The maximum Gasteiger partial charge on any atom is 0.142 e. The van der Waals surface area contributed by atoms with Gasteiger partial charge >= 0.3 is 0 Å². The van der Waals surface area contributed by atoms with Crippen LogP contribution in [0.1, 0.15) is 36.9 Å². The van der Waals surface area contributed by atoms with Crippen molar-refractivity contribution in [1.82, 2.24) is 15.3 Å². The van der Waals surface area contributed by atoms with Crippen LogP contribution in [0.25, 0.3) is 10.7 Å². The third-order valence-electron chi connectivity index (χ3n) is 3.00. The first-order valence-electron chi connectivity index (χ1n) is 6.75. The Labute approximate surface area is 119 Å². The molecule has 2 aromatic heterocycles. The van der Waals surface area contributed by atoms with Crippen LogP contribution in [0.5, 0.6) is 0 Å². The second kappa shape index (κ2) is 6.26. The van der Waals surface area contributed by atoms with Crippen molar-refractivity contribution in [3.8, 4) is 10.7 Å². The highest BCUT2D eigenvalue weighted by Gasteiger charge is 2.13. The van der Waals surface area contributed by atoms with E-state index in [1.807, 2.05) is 12.3 Å². The van der Waals surface area contributed by atoms with E-state index in [2.05, 4.69) is 44.1 Å². The highest BCUT2D eigenvalue weighted by molar-refractivity contribution is 7.15. The first-order valence-corrected chi connectivity index (χ1v) is 7.57. The van der Waals surface area contributed by atoms with Crippen LogP contribution in [0.4, 0.5) is 0 Å². The third kappa shape index (κ3) is 3.39. The number of rotatable bonds is 5. The van der Waals surface area contributed by atoms with Crippen molar-refractivity contribution in [1.29, 1.82) is 0 Å². The molecule has 0 aromatic carbocycles. The summed E-state index contributed by atoms with van der Waals surface area (Å²) in [5, 5.41) is 4.50. The number of aryl methyl sites for hydroxylation is 2. The molecular weight excluding hydrogens is 254 g/mol. The molecule has 0 unspecified atom stereocenters. The van der Waals surface area contributed by atoms with Crippen LogP contribution in [-0.2, 0) is 13.0 Å². The zero-order chi connectivity index (χ0) is 13.8. The van der Waals surface area contributed by atoms with E-state index in [1.54, 1.807) is 11.3 Å². The fourth-order valence-electron chi connectivity index (χ4n) is 1.91. The van der Waals surface area contributed by atoms with Gasteiger partial charge < -0.3 is 5.32 Å². The molecule has 0 amide bonds. The molecule has 0 saturated heterocycles. The zero-order valence-corrected chi connectivity index (χ0v) is 12.8. The molecule has 0 bridgehead atoms. The van der Waals surface area contributed by atoms with Crippen molar-refractivity contribution < 1.29 is 0 Å². The van der Waals surface area contributed by atoms with Crippen molar-refractivity contribution in [2.24, 2.45) is 0 Å². The van der Waals surface area contributed by atoms with E-state index < -0.39 is 0 Å². The highest BCUT2D eigenvalue weighted by Crippen LogP contribution is 2.29. The molecule has 0 radical (unpaired) electrons. The van der Waals surface area contributed by atoms with Crippen molar-refractivity contribution in [2.45, 2.75) is 46.7 Å². The minimum atomic E-state index is 0.492. The lowest BCUT2D eigenvalue weighted by Gasteiger charge is -2.06. The summed E-state index contributed by atoms with van der Waals surface area (Å²) in [6.07, 6.45) is 2.80. The molecule has 0 fully saturated rings. The number of hydrogen-bond donors (Lipinski definition) is 1. The Hall–Kier alpha value is -1.26. The van der Waals surface area contributed by atoms with E-state index in [9.17, 15) is 0 Å². The summed E-state index contributed by atoms with van der Waals surface area (Å²) in [6.45, 7) is 9.46. The maximum atomic E-state index is 4.75. The van der Waals surface area contributed by atoms with Crippen LogP contribution in [0.15, 0.2) is 18.3 Å². The standard InChI is InChI=1S/C15H21N3S/c1-5-12-13(9-17-10(2)3)19-15(18-12)14-11(4)7-6-8-16-14/h6-8,10,17H,5,9H2,1-4H3. The summed E-state index contributed by atoms with van der Waals surface area (Å²) in [5.74, 6) is 0. The zero-order valence-electron chi connectivity index (χ0n) is 12.0. The number of pyridine rings is 1. The lowest BCUT2D eigenvalue weighted by Crippen LogP contribution is -2.21. The van der Waals surface area contributed by atoms with E-state index in [-0.39, 0.29) is 0 Å². The molecule has 0 aliphatic rings. The summed E-state index contributed by atoms with van der Waals surface area (Å²) in [6, 6.07) is 4.54. The first-order chi connectivity index (χ1) is 9.11. The molecule has 3 nitrogen and oxygen atoms in total. The van der Waals surface area contributed by atoms with Crippen LogP contribution in [0.2, 0.25) is 0 Å². The number of hydrogen-bond acceptors (Lipinski definition) is 4. The Morgan fingerprint density at radius 3 is 2.79 bits per heavy atom. The van der Waals surface area contributed by atoms with Gasteiger partial charge in [0.25, 0.3) is 0 Å². The summed E-state index contributed by atoms with van der Waals surface area (Å²) in [4.78, 5) is 10.5. The van der Waals surface area contributed by atoms with Gasteiger partial charge in [0.05, 0.1) is 5.69 Å². The Kier molecular flexibility index (Phi) is 4.66. The lowest BCUT2D eigenvalue weighted by atomic mass is 10.2. The van der Waals surface area contributed by atoms with Crippen LogP contribution in [0, 0.1) is 6.92 Å². The van der Waals surface area contributed by atoms with Crippen LogP contribution < -0.4 is 5.32 Å². The number of nitrogens with zero attached hydrogens (tertiary/aromatic N) is 2. The van der Waals surface area contributed by atoms with Gasteiger partial charge in [-0.1, -0.05) is 26.8 Å². The van der Waals surface area contributed by atoms with Gasteiger partial charge in [-0.15, -0.1) is 11.3 Å². The summed E-state index contributed by atoms with van der Waals surface area (Å²) >= 11 is 1.76. The highest BCUT2D eigenvalue weighted by atomic mass is 32.1. The van der Waals surface area contributed by atoms with Crippen LogP contribution in [0.3, 0.4) is 0 Å². The fraction of sp³-hybridized carbons (Fsp3) is 0.467. The first kappa shape index (κ1) is 14.2. The average Bonchev–Trinajstić information content (AvgIpc) is 2.80. The second-order valence-electron chi connectivity index (χ2n) is 4.95. The SMILES string of the molecule is CCc1nc(-c2ncccc2C)sc1CNC(C)C. The van der Waals surface area contributed by atoms with Crippen LogP contribution in [-0.4, -0.2) is 16.0 Å². The van der Waals surface area contributed by atoms with Gasteiger partial charge in [0, 0.05) is 23.7 Å². The third-order valence-corrected chi connectivity index (χ3v) is 4.10. The molecule has 0 saturated carbocycles. The van der Waals surface area contributed by atoms with E-state index in [0.717, 1.165) is 23.7 Å². The van der Waals surface area contributed by atoms with Crippen molar-refractivity contribution >= 4 is 11.3 Å². The number of nitrogens with one attached hydrogen (secondary N) is 1. The molecule has 2 aromatic rings. The van der Waals surface area contributed by atoms with Gasteiger partial charge in [-0.25, -0.2) is 4.98 Å². The second-order valence-corrected chi connectivity index (χ2v) is 6.03. The fourth-order valence-corrected chi connectivity index (χ4v) is 3.07. The summed E-state index contributed by atoms with van der Waals surface area (Å²) in [7, 11) is 0. The minimum absolute atomic E-state index is 0.492. The number of thiazole rings is 1. The Balaban J connectivity index is 2.31. The molecule has 0 atom stereocenters. The van der Waals surface area contributed by atoms with Gasteiger partial charge in [0.15, 0.2) is 0 Å². The molecule has 2 rings (SSSR count). The Morgan fingerprint density at radius 2 is 2.16 bits per heavy atom. The van der Waals surface area contributed by atoms with E-state index >= 15 is 0 Å². The van der Waals surface area contributed by atoms with Crippen molar-refractivity contribution in [2.75, 3.05) is 0 Å². The largest absolute Gasteiger partial charge is 0.310 e. The van der Waals surface area contributed by atoms with Crippen molar-refractivity contribution in [3.63, 3.8) is 0 Å². The van der Waals surface area contributed by atoms with Gasteiger partial charge in [0.1, 0.15) is 10.7 Å². The van der Waals surface area contributed by atoms with E-state index in [1.165, 1.54) is 16.1 Å². The quantitative estimate of drug-likeness (QED) is 0.906. The minimum Gasteiger partial charge on any atom is -0.310 e. The molecule has 0 aliphatic heterocycles. The lowest BCUT2D eigenvalue weighted by molar-refractivity contribution is 0.590. The van der Waals surface area contributed by atoms with E-state index in [0.29, 0.717) is 6.04 Å². The molecule has 0 spiro atoms. The molecular formula is C15H21N3S. The smallest absolute Gasteiger partial charge is 0.142 e. The molecule has 19 heavy (non-hydrogen) atoms. The molecule has 102 valence electrons. The Bertz CT molecular complexity index is 546. The van der Waals surface area contributed by atoms with Crippen LogP contribution >= 0.6 is 11.3 Å². The maximum absolute atomic E-state index is 4.75. The monoisotopic (exact) mass is 275 g/mol. The predicted molar refractivity (Wildman–Crippen MR) is 81.4 cm³/mol. The molecule has 4 heteroatoms.